The number of aliphatic carboxylic acids is 1. The monoisotopic (exact) mass is 523 g/mol. The summed E-state index contributed by atoms with van der Waals surface area (Å²) < 4.78 is 11.8. The molecule has 0 aliphatic rings. The predicted molar refractivity (Wildman–Crippen MR) is 158 cm³/mol. The summed E-state index contributed by atoms with van der Waals surface area (Å²) in [5, 5.41) is 8.91. The van der Waals surface area contributed by atoms with Crippen LogP contribution >= 0.6 is 0 Å². The second-order valence-corrected chi connectivity index (χ2v) is 10.8. The number of unbranched alkanes of at least 4 members (excludes halogenated alkanes) is 12. The van der Waals surface area contributed by atoms with E-state index in [0.29, 0.717) is 12.6 Å². The maximum atomic E-state index is 10.8. The third-order valence-corrected chi connectivity index (χ3v) is 6.94. The fraction of sp³-hybridized carbons (Fsp3) is 0.844. The van der Waals surface area contributed by atoms with Crippen LogP contribution in [0.3, 0.4) is 0 Å². The molecule has 0 saturated heterocycles. The van der Waals surface area contributed by atoms with E-state index < -0.39 is 5.97 Å². The molecule has 0 aliphatic carbocycles. The molecule has 0 rings (SSSR count). The summed E-state index contributed by atoms with van der Waals surface area (Å²) in [6.45, 7) is 7.07. The van der Waals surface area contributed by atoms with E-state index in [9.17, 15) is 4.79 Å². The quantitative estimate of drug-likeness (QED) is 0.0823. The molecule has 37 heavy (non-hydrogen) atoms. The number of allylic oxidation sites excluding steroid dienone is 4. The van der Waals surface area contributed by atoms with E-state index in [4.69, 9.17) is 14.6 Å². The van der Waals surface area contributed by atoms with Crippen LogP contribution in [0.1, 0.15) is 123 Å². The lowest BCUT2D eigenvalue weighted by Crippen LogP contribution is -2.37. The van der Waals surface area contributed by atoms with Crippen molar-refractivity contribution in [2.24, 2.45) is 5.92 Å². The molecule has 0 bridgehead atoms. The van der Waals surface area contributed by atoms with Gasteiger partial charge in [-0.2, -0.15) is 0 Å². The highest BCUT2D eigenvalue weighted by Crippen LogP contribution is 2.11. The smallest absolute Gasteiger partial charge is 0.306 e. The van der Waals surface area contributed by atoms with Gasteiger partial charge >= 0.3 is 5.97 Å². The van der Waals surface area contributed by atoms with Crippen molar-refractivity contribution in [3.8, 4) is 0 Å². The molecule has 0 amide bonds. The highest BCUT2D eigenvalue weighted by molar-refractivity contribution is 5.69. The summed E-state index contributed by atoms with van der Waals surface area (Å²) in [6.07, 6.45) is 29.5. The van der Waals surface area contributed by atoms with Gasteiger partial charge in [0.25, 0.3) is 0 Å². The number of likely N-dealkylation sites (N-methyl/N-ethyl adjacent to an activating group) is 1. The summed E-state index contributed by atoms with van der Waals surface area (Å²) in [4.78, 5) is 13.0. The maximum absolute atomic E-state index is 10.8. The number of carbonyl (C=O) groups is 1. The fourth-order valence-corrected chi connectivity index (χ4v) is 4.11. The van der Waals surface area contributed by atoms with Crippen molar-refractivity contribution in [2.45, 2.75) is 129 Å². The van der Waals surface area contributed by atoms with Gasteiger partial charge in [-0.15, -0.1) is 0 Å². The molecule has 0 radical (unpaired) electrons. The van der Waals surface area contributed by atoms with Gasteiger partial charge in [-0.1, -0.05) is 95.9 Å². The summed E-state index contributed by atoms with van der Waals surface area (Å²) in [5.74, 6) is -0.918. The first-order valence-electron chi connectivity index (χ1n) is 15.3. The molecule has 2 atom stereocenters. The van der Waals surface area contributed by atoms with E-state index in [1.165, 1.54) is 64.2 Å². The molecule has 0 aromatic heterocycles. The van der Waals surface area contributed by atoms with Gasteiger partial charge in [0.1, 0.15) is 0 Å². The Labute approximate surface area is 230 Å². The van der Waals surface area contributed by atoms with Crippen LogP contribution < -0.4 is 0 Å². The van der Waals surface area contributed by atoms with Crippen molar-refractivity contribution in [3.63, 3.8) is 0 Å². The Bertz CT molecular complexity index is 547. The lowest BCUT2D eigenvalue weighted by molar-refractivity contribution is -0.141. The van der Waals surface area contributed by atoms with Crippen LogP contribution in [0.25, 0.3) is 0 Å². The second-order valence-electron chi connectivity index (χ2n) is 10.8. The molecule has 5 nitrogen and oxygen atoms in total. The van der Waals surface area contributed by atoms with E-state index in [1.54, 1.807) is 6.92 Å². The average molecular weight is 524 g/mol. The first-order valence-corrected chi connectivity index (χ1v) is 15.3. The van der Waals surface area contributed by atoms with Crippen molar-refractivity contribution in [1.82, 2.24) is 4.90 Å². The molecule has 1 N–H and O–H groups in total. The van der Waals surface area contributed by atoms with Crippen LogP contribution in [0.4, 0.5) is 0 Å². The Morgan fingerprint density at radius 1 is 0.730 bits per heavy atom. The first kappa shape index (κ1) is 35.8. The molecule has 0 aromatic rings. The van der Waals surface area contributed by atoms with E-state index >= 15 is 0 Å². The van der Waals surface area contributed by atoms with Gasteiger partial charge in [-0.3, -0.25) is 4.79 Å². The second kappa shape index (κ2) is 27.9. The number of ether oxygens (including phenoxy) is 2. The minimum atomic E-state index is -0.689. The largest absolute Gasteiger partial charge is 0.481 e. The molecular formula is C32H61NO4. The summed E-state index contributed by atoms with van der Waals surface area (Å²) >= 11 is 0. The van der Waals surface area contributed by atoms with Crippen LogP contribution in [0.15, 0.2) is 24.3 Å². The van der Waals surface area contributed by atoms with Crippen molar-refractivity contribution in [2.75, 3.05) is 40.5 Å². The number of rotatable bonds is 28. The van der Waals surface area contributed by atoms with E-state index in [0.717, 1.165) is 64.8 Å². The number of carboxylic acid groups (broad SMARTS) is 1. The minimum absolute atomic E-state index is 0.229. The molecule has 0 spiro atoms. The molecular weight excluding hydrogens is 462 g/mol. The molecule has 0 aliphatic heterocycles. The fourth-order valence-electron chi connectivity index (χ4n) is 4.11. The van der Waals surface area contributed by atoms with Gasteiger partial charge in [0.05, 0.1) is 25.2 Å². The zero-order chi connectivity index (χ0) is 27.4. The third kappa shape index (κ3) is 26.2. The predicted octanol–water partition coefficient (Wildman–Crippen LogP) is 8.43. The number of hydrogen-bond donors (Lipinski definition) is 1. The van der Waals surface area contributed by atoms with Crippen molar-refractivity contribution < 1.29 is 19.4 Å². The summed E-state index contributed by atoms with van der Waals surface area (Å²) in [6, 6.07) is 0.293. The summed E-state index contributed by atoms with van der Waals surface area (Å²) in [5.41, 5.74) is 0. The van der Waals surface area contributed by atoms with Gasteiger partial charge in [-0.05, 0) is 65.5 Å². The standard InChI is InChI=1S/C32H61NO4/c1-5-6-7-8-9-10-11-12-13-14-15-16-17-18-20-23-26-36-28-31(33(3)4)29-37-27-24-21-19-22-25-30(2)32(34)35/h9-10,12-13,30-31H,5-8,11,14-29H2,1-4H3,(H,34,35)/b10-9-,13-12-. The molecule has 0 fully saturated rings. The number of nitrogens with zero attached hydrogens (tertiary/aromatic N) is 1. The van der Waals surface area contributed by atoms with E-state index in [1.807, 2.05) is 0 Å². The first-order chi connectivity index (χ1) is 18.0. The molecule has 5 heteroatoms. The van der Waals surface area contributed by atoms with Crippen LogP contribution in [0, 0.1) is 5.92 Å². The Morgan fingerprint density at radius 3 is 1.73 bits per heavy atom. The van der Waals surface area contributed by atoms with Crippen LogP contribution in [0.2, 0.25) is 0 Å². The number of carboxylic acids is 1. The van der Waals surface area contributed by atoms with Gasteiger partial charge < -0.3 is 19.5 Å². The average Bonchev–Trinajstić information content (AvgIpc) is 2.87. The van der Waals surface area contributed by atoms with E-state index in [2.05, 4.69) is 50.2 Å². The molecule has 218 valence electrons. The lowest BCUT2D eigenvalue weighted by atomic mass is 10.0. The minimum Gasteiger partial charge on any atom is -0.481 e. The van der Waals surface area contributed by atoms with Gasteiger partial charge in [0, 0.05) is 13.2 Å². The van der Waals surface area contributed by atoms with Crippen molar-refractivity contribution in [1.29, 1.82) is 0 Å². The third-order valence-electron chi connectivity index (χ3n) is 6.94. The zero-order valence-corrected chi connectivity index (χ0v) is 24.9. The van der Waals surface area contributed by atoms with Gasteiger partial charge in [0.2, 0.25) is 0 Å². The molecule has 0 heterocycles. The Balaban J connectivity index is 3.51. The van der Waals surface area contributed by atoms with Crippen LogP contribution in [-0.4, -0.2) is 62.5 Å². The Hall–Kier alpha value is -1.17. The normalized spacial score (nSPS) is 13.8. The van der Waals surface area contributed by atoms with E-state index in [-0.39, 0.29) is 5.92 Å². The zero-order valence-electron chi connectivity index (χ0n) is 24.9. The van der Waals surface area contributed by atoms with Crippen molar-refractivity contribution >= 4 is 5.97 Å². The van der Waals surface area contributed by atoms with Gasteiger partial charge in [-0.25, -0.2) is 0 Å². The van der Waals surface area contributed by atoms with Gasteiger partial charge in [0.15, 0.2) is 0 Å². The summed E-state index contributed by atoms with van der Waals surface area (Å²) in [7, 11) is 4.17. The number of hydrogen-bond acceptors (Lipinski definition) is 4. The Kier molecular flexibility index (Phi) is 27.0. The van der Waals surface area contributed by atoms with Crippen LogP contribution in [-0.2, 0) is 14.3 Å². The molecule has 0 aromatic carbocycles. The molecule has 0 saturated carbocycles. The van der Waals surface area contributed by atoms with Crippen molar-refractivity contribution in [3.05, 3.63) is 24.3 Å². The SMILES string of the molecule is CCCCC/C=C\C/C=C\CCCCCCCCOCC(COCCCCCCC(C)C(=O)O)N(C)C. The lowest BCUT2D eigenvalue weighted by Gasteiger charge is -2.24. The topological polar surface area (TPSA) is 59.0 Å². The highest BCUT2D eigenvalue weighted by atomic mass is 16.5. The highest BCUT2D eigenvalue weighted by Gasteiger charge is 2.12. The van der Waals surface area contributed by atoms with Crippen LogP contribution in [0.5, 0.6) is 0 Å². The Morgan fingerprint density at radius 2 is 1.22 bits per heavy atom. The maximum Gasteiger partial charge on any atom is 0.306 e. The molecule has 2 unspecified atom stereocenters.